The number of nitrogens with one attached hydrogen (secondary N) is 1. The molecular formula is C7H16ClNO4. The van der Waals surface area contributed by atoms with Crippen LogP contribution in [0.15, 0.2) is 0 Å². The van der Waals surface area contributed by atoms with Crippen molar-refractivity contribution in [3.63, 3.8) is 0 Å². The molecule has 0 amide bonds. The number of ether oxygens (including phenoxy) is 2. The van der Waals surface area contributed by atoms with Crippen molar-refractivity contribution in [1.29, 1.82) is 0 Å². The molecule has 80 valence electrons. The van der Waals surface area contributed by atoms with Crippen LogP contribution in [0.3, 0.4) is 0 Å². The predicted octanol–water partition coefficient (Wildman–Crippen LogP) is -1.28. The molecule has 1 aliphatic rings. The molecule has 1 heterocycles. The van der Waals surface area contributed by atoms with Gasteiger partial charge in [-0.25, -0.2) is 0 Å². The number of methoxy groups -OCH3 is 1. The van der Waals surface area contributed by atoms with Crippen molar-refractivity contribution in [2.75, 3.05) is 20.8 Å². The number of rotatable bonds is 3. The van der Waals surface area contributed by atoms with Crippen LogP contribution < -0.4 is 5.32 Å². The van der Waals surface area contributed by atoms with Crippen molar-refractivity contribution >= 4 is 12.4 Å². The number of likely N-dealkylation sites (N-methyl/N-ethyl adjacent to an activating group) is 1. The molecule has 6 heteroatoms. The van der Waals surface area contributed by atoms with Crippen LogP contribution in [0.25, 0.3) is 0 Å². The molecule has 1 fully saturated rings. The SMILES string of the molecule is CNC1C(CO)OC(OC)C1O.Cl. The van der Waals surface area contributed by atoms with Crippen LogP contribution in [0, 0.1) is 0 Å². The molecule has 0 radical (unpaired) electrons. The lowest BCUT2D eigenvalue weighted by molar-refractivity contribution is -0.153. The van der Waals surface area contributed by atoms with Crippen molar-refractivity contribution in [2.24, 2.45) is 0 Å². The van der Waals surface area contributed by atoms with Gasteiger partial charge in [0.2, 0.25) is 0 Å². The molecule has 5 nitrogen and oxygen atoms in total. The third-order valence-electron chi connectivity index (χ3n) is 2.10. The lowest BCUT2D eigenvalue weighted by atomic mass is 10.1. The summed E-state index contributed by atoms with van der Waals surface area (Å²) in [5.41, 5.74) is 0. The average Bonchev–Trinajstić information content (AvgIpc) is 2.41. The van der Waals surface area contributed by atoms with Crippen LogP contribution in [0.5, 0.6) is 0 Å². The summed E-state index contributed by atoms with van der Waals surface area (Å²) in [5, 5.41) is 21.3. The average molecular weight is 214 g/mol. The third kappa shape index (κ3) is 2.52. The molecule has 0 saturated carbocycles. The van der Waals surface area contributed by atoms with Crippen molar-refractivity contribution in [3.05, 3.63) is 0 Å². The maximum absolute atomic E-state index is 9.53. The maximum atomic E-state index is 9.53. The summed E-state index contributed by atoms with van der Waals surface area (Å²) in [7, 11) is 3.16. The lowest BCUT2D eigenvalue weighted by Crippen LogP contribution is -2.44. The molecule has 0 aliphatic carbocycles. The van der Waals surface area contributed by atoms with Gasteiger partial charge in [-0.1, -0.05) is 0 Å². The van der Waals surface area contributed by atoms with Gasteiger partial charge in [-0.3, -0.25) is 0 Å². The molecule has 0 aromatic heterocycles. The molecule has 1 aliphatic heterocycles. The van der Waals surface area contributed by atoms with E-state index < -0.39 is 18.5 Å². The second-order valence-electron chi connectivity index (χ2n) is 2.77. The van der Waals surface area contributed by atoms with E-state index in [1.54, 1.807) is 7.05 Å². The molecule has 1 rings (SSSR count). The van der Waals surface area contributed by atoms with Crippen molar-refractivity contribution in [2.45, 2.75) is 24.5 Å². The molecule has 0 aromatic carbocycles. The smallest absolute Gasteiger partial charge is 0.185 e. The van der Waals surface area contributed by atoms with Gasteiger partial charge in [-0.15, -0.1) is 12.4 Å². The Morgan fingerprint density at radius 2 is 2.15 bits per heavy atom. The van der Waals surface area contributed by atoms with Gasteiger partial charge in [-0.2, -0.15) is 0 Å². The predicted molar refractivity (Wildman–Crippen MR) is 48.9 cm³/mol. The Bertz CT molecular complexity index is 146. The first kappa shape index (κ1) is 13.1. The second-order valence-corrected chi connectivity index (χ2v) is 2.77. The van der Waals surface area contributed by atoms with Crippen LogP contribution in [-0.4, -0.2) is 55.5 Å². The fourth-order valence-corrected chi connectivity index (χ4v) is 1.43. The van der Waals surface area contributed by atoms with Crippen LogP contribution >= 0.6 is 12.4 Å². The molecule has 1 saturated heterocycles. The van der Waals surface area contributed by atoms with E-state index in [0.29, 0.717) is 0 Å². The van der Waals surface area contributed by atoms with Gasteiger partial charge < -0.3 is 25.0 Å². The minimum absolute atomic E-state index is 0. The number of hydrogen-bond acceptors (Lipinski definition) is 5. The Balaban J connectivity index is 0.00000144. The number of aliphatic hydroxyl groups is 2. The zero-order chi connectivity index (χ0) is 9.14. The first-order valence-electron chi connectivity index (χ1n) is 3.89. The highest BCUT2D eigenvalue weighted by Gasteiger charge is 2.42. The monoisotopic (exact) mass is 213 g/mol. The quantitative estimate of drug-likeness (QED) is 0.545. The normalized spacial score (nSPS) is 38.8. The van der Waals surface area contributed by atoms with Crippen molar-refractivity contribution in [3.8, 4) is 0 Å². The van der Waals surface area contributed by atoms with Crippen molar-refractivity contribution in [1.82, 2.24) is 5.32 Å². The van der Waals surface area contributed by atoms with Gasteiger partial charge >= 0.3 is 0 Å². The van der Waals surface area contributed by atoms with Gasteiger partial charge in [0.1, 0.15) is 12.2 Å². The zero-order valence-electron chi connectivity index (χ0n) is 7.64. The molecular weight excluding hydrogens is 198 g/mol. The molecule has 4 atom stereocenters. The summed E-state index contributed by atoms with van der Waals surface area (Å²) in [6.45, 7) is -0.123. The summed E-state index contributed by atoms with van der Waals surface area (Å²) in [6.07, 6.45) is -1.76. The standard InChI is InChI=1S/C7H15NO4.ClH/c1-8-5-4(3-9)12-7(11-2)6(5)10;/h4-10H,3H2,1-2H3;1H. The molecule has 13 heavy (non-hydrogen) atoms. The fourth-order valence-electron chi connectivity index (χ4n) is 1.43. The Kier molecular flexibility index (Phi) is 5.78. The van der Waals surface area contributed by atoms with Gasteiger partial charge in [0.25, 0.3) is 0 Å². The topological polar surface area (TPSA) is 71.0 Å². The van der Waals surface area contributed by atoms with E-state index in [1.165, 1.54) is 7.11 Å². The molecule has 0 bridgehead atoms. The highest BCUT2D eigenvalue weighted by Crippen LogP contribution is 2.20. The van der Waals surface area contributed by atoms with Crippen LogP contribution in [0.2, 0.25) is 0 Å². The summed E-state index contributed by atoms with van der Waals surface area (Å²) in [4.78, 5) is 0. The molecule has 0 spiro atoms. The largest absolute Gasteiger partial charge is 0.394 e. The first-order valence-corrected chi connectivity index (χ1v) is 3.89. The number of aliphatic hydroxyl groups excluding tert-OH is 2. The number of hydrogen-bond donors (Lipinski definition) is 3. The lowest BCUT2D eigenvalue weighted by Gasteiger charge is -2.16. The van der Waals surface area contributed by atoms with Gasteiger partial charge in [0.15, 0.2) is 6.29 Å². The van der Waals surface area contributed by atoms with Crippen LogP contribution in [-0.2, 0) is 9.47 Å². The molecule has 0 aromatic rings. The molecule has 3 N–H and O–H groups in total. The highest BCUT2D eigenvalue weighted by atomic mass is 35.5. The third-order valence-corrected chi connectivity index (χ3v) is 2.10. The van der Waals surface area contributed by atoms with E-state index in [-0.39, 0.29) is 25.1 Å². The van der Waals surface area contributed by atoms with Gasteiger partial charge in [-0.05, 0) is 7.05 Å². The Labute approximate surface area is 83.4 Å². The van der Waals surface area contributed by atoms with Crippen LogP contribution in [0.1, 0.15) is 0 Å². The summed E-state index contributed by atoms with van der Waals surface area (Å²) < 4.78 is 10.1. The maximum Gasteiger partial charge on any atom is 0.185 e. The minimum Gasteiger partial charge on any atom is -0.394 e. The highest BCUT2D eigenvalue weighted by molar-refractivity contribution is 5.85. The number of halogens is 1. The van der Waals surface area contributed by atoms with E-state index in [1.807, 2.05) is 0 Å². The van der Waals surface area contributed by atoms with Crippen molar-refractivity contribution < 1.29 is 19.7 Å². The summed E-state index contributed by atoms with van der Waals surface area (Å²) in [6, 6.07) is -0.264. The van der Waals surface area contributed by atoms with Gasteiger partial charge in [0, 0.05) is 7.11 Å². The molecule has 4 unspecified atom stereocenters. The summed E-state index contributed by atoms with van der Waals surface area (Å²) >= 11 is 0. The fraction of sp³-hybridized carbons (Fsp3) is 1.00. The Morgan fingerprint density at radius 1 is 1.54 bits per heavy atom. The van der Waals surface area contributed by atoms with E-state index in [0.717, 1.165) is 0 Å². The zero-order valence-corrected chi connectivity index (χ0v) is 8.45. The Hall–Kier alpha value is 0.0900. The van der Waals surface area contributed by atoms with Gasteiger partial charge in [0.05, 0.1) is 12.6 Å². The van der Waals surface area contributed by atoms with E-state index >= 15 is 0 Å². The second kappa shape index (κ2) is 5.74. The van der Waals surface area contributed by atoms with E-state index in [2.05, 4.69) is 5.32 Å². The first-order chi connectivity index (χ1) is 5.74. The Morgan fingerprint density at radius 3 is 2.46 bits per heavy atom. The van der Waals surface area contributed by atoms with E-state index in [9.17, 15) is 5.11 Å². The van der Waals surface area contributed by atoms with E-state index in [4.69, 9.17) is 14.6 Å². The minimum atomic E-state index is -0.725. The summed E-state index contributed by atoms with van der Waals surface area (Å²) in [5.74, 6) is 0. The van der Waals surface area contributed by atoms with Crippen LogP contribution in [0.4, 0.5) is 0 Å².